The molecule has 0 fully saturated rings. The molecular weight excluding hydrogens is 284 g/mol. The molecule has 0 amide bonds. The van der Waals surface area contributed by atoms with Crippen molar-refractivity contribution in [2.24, 2.45) is 0 Å². The lowest BCUT2D eigenvalue weighted by Crippen LogP contribution is -2.27. The third-order valence-corrected chi connectivity index (χ3v) is 3.33. The minimum absolute atomic E-state index is 0.238. The number of nitrogens with zero attached hydrogens (tertiary/aromatic N) is 3. The largest absolute Gasteiger partial charge is 0.354 e. The molecule has 0 unspecified atom stereocenters. The van der Waals surface area contributed by atoms with Gasteiger partial charge in [0.25, 0.3) is 6.43 Å². The molecule has 3 nitrogen and oxygen atoms in total. The highest BCUT2D eigenvalue weighted by Crippen LogP contribution is 2.28. The highest BCUT2D eigenvalue weighted by atomic mass is 35.5. The second kappa shape index (κ2) is 6.22. The lowest BCUT2D eigenvalue weighted by Gasteiger charge is -2.21. The Hall–Kier alpha value is -1.62. The normalized spacial score (nSPS) is 11.1. The summed E-state index contributed by atoms with van der Waals surface area (Å²) in [6.45, 7) is 1.47. The van der Waals surface area contributed by atoms with E-state index in [0.29, 0.717) is 5.82 Å². The van der Waals surface area contributed by atoms with Crippen LogP contribution in [0, 0.1) is 6.92 Å². The Labute approximate surface area is 121 Å². The molecular formula is C14H16ClF2N3. The van der Waals surface area contributed by atoms with E-state index in [1.54, 1.807) is 11.7 Å². The second-order valence-electron chi connectivity index (χ2n) is 4.54. The predicted octanol–water partition coefficient (Wildman–Crippen LogP) is 3.62. The molecule has 2 aromatic rings. The monoisotopic (exact) mass is 299 g/mol. The Bertz CT molecular complexity index is 569. The summed E-state index contributed by atoms with van der Waals surface area (Å²) in [7, 11) is 1.62. The predicted molar refractivity (Wildman–Crippen MR) is 77.1 cm³/mol. The van der Waals surface area contributed by atoms with E-state index in [1.807, 2.05) is 37.3 Å². The van der Waals surface area contributed by atoms with E-state index >= 15 is 0 Å². The molecule has 0 aliphatic heterocycles. The molecule has 0 N–H and O–H groups in total. The van der Waals surface area contributed by atoms with Crippen molar-refractivity contribution >= 4 is 17.4 Å². The van der Waals surface area contributed by atoms with Gasteiger partial charge in [0, 0.05) is 12.6 Å². The Balaban J connectivity index is 2.52. The summed E-state index contributed by atoms with van der Waals surface area (Å²) < 4.78 is 26.9. The van der Waals surface area contributed by atoms with Crippen LogP contribution in [0.4, 0.5) is 14.6 Å². The van der Waals surface area contributed by atoms with Gasteiger partial charge in [-0.15, -0.1) is 11.6 Å². The van der Waals surface area contributed by atoms with Gasteiger partial charge in [0.05, 0.1) is 23.8 Å². The number of para-hydroxylation sites is 1. The number of benzene rings is 1. The van der Waals surface area contributed by atoms with E-state index in [0.717, 1.165) is 16.9 Å². The molecule has 0 aliphatic rings. The van der Waals surface area contributed by atoms with Crippen molar-refractivity contribution in [3.63, 3.8) is 0 Å². The van der Waals surface area contributed by atoms with Gasteiger partial charge in [-0.25, -0.2) is 13.5 Å². The van der Waals surface area contributed by atoms with E-state index in [1.165, 1.54) is 4.90 Å². The van der Waals surface area contributed by atoms with Crippen LogP contribution in [0.15, 0.2) is 30.3 Å². The smallest absolute Gasteiger partial charge is 0.255 e. The van der Waals surface area contributed by atoms with Gasteiger partial charge in [-0.05, 0) is 19.1 Å². The zero-order valence-corrected chi connectivity index (χ0v) is 12.1. The summed E-state index contributed by atoms with van der Waals surface area (Å²) in [5.41, 5.74) is 2.35. The first-order valence-electron chi connectivity index (χ1n) is 6.23. The first-order chi connectivity index (χ1) is 9.54. The van der Waals surface area contributed by atoms with Gasteiger partial charge in [0.15, 0.2) is 0 Å². The van der Waals surface area contributed by atoms with Crippen molar-refractivity contribution < 1.29 is 8.78 Å². The minimum atomic E-state index is -2.41. The second-order valence-corrected chi connectivity index (χ2v) is 4.81. The summed E-state index contributed by atoms with van der Waals surface area (Å²) in [5, 5.41) is 4.43. The summed E-state index contributed by atoms with van der Waals surface area (Å²) >= 11 is 5.95. The molecule has 1 heterocycles. The maximum Gasteiger partial charge on any atom is 0.255 e. The van der Waals surface area contributed by atoms with Crippen LogP contribution in [0.25, 0.3) is 5.69 Å². The Morgan fingerprint density at radius 1 is 1.30 bits per heavy atom. The van der Waals surface area contributed by atoms with Gasteiger partial charge in [0.2, 0.25) is 0 Å². The number of aryl methyl sites for hydroxylation is 1. The van der Waals surface area contributed by atoms with Crippen LogP contribution in [-0.4, -0.2) is 29.8 Å². The summed E-state index contributed by atoms with van der Waals surface area (Å²) in [6, 6.07) is 9.41. The van der Waals surface area contributed by atoms with E-state index in [-0.39, 0.29) is 12.4 Å². The van der Waals surface area contributed by atoms with Crippen LogP contribution >= 0.6 is 11.6 Å². The number of anilines is 1. The molecule has 0 radical (unpaired) electrons. The Kier molecular flexibility index (Phi) is 4.60. The lowest BCUT2D eigenvalue weighted by atomic mass is 10.2. The molecule has 0 saturated heterocycles. The first-order valence-corrected chi connectivity index (χ1v) is 6.77. The molecule has 0 spiro atoms. The van der Waals surface area contributed by atoms with Crippen molar-refractivity contribution in [3.8, 4) is 5.69 Å². The molecule has 0 saturated carbocycles. The van der Waals surface area contributed by atoms with Crippen LogP contribution in [0.5, 0.6) is 0 Å². The average Bonchev–Trinajstić information content (AvgIpc) is 2.75. The number of hydrogen-bond acceptors (Lipinski definition) is 2. The molecule has 20 heavy (non-hydrogen) atoms. The van der Waals surface area contributed by atoms with Gasteiger partial charge in [0.1, 0.15) is 5.82 Å². The van der Waals surface area contributed by atoms with Crippen molar-refractivity contribution in [2.75, 3.05) is 18.5 Å². The average molecular weight is 300 g/mol. The SMILES string of the molecule is Cc1nn(-c2ccccc2)c(N(C)CC(F)F)c1CCl. The molecule has 0 bridgehead atoms. The molecule has 6 heteroatoms. The van der Waals surface area contributed by atoms with Crippen LogP contribution in [0.3, 0.4) is 0 Å². The van der Waals surface area contributed by atoms with Crippen molar-refractivity contribution in [2.45, 2.75) is 19.2 Å². The minimum Gasteiger partial charge on any atom is -0.354 e. The van der Waals surface area contributed by atoms with E-state index < -0.39 is 6.43 Å². The van der Waals surface area contributed by atoms with Gasteiger partial charge in [-0.1, -0.05) is 18.2 Å². The van der Waals surface area contributed by atoms with Crippen LogP contribution < -0.4 is 4.90 Å². The molecule has 108 valence electrons. The highest BCUT2D eigenvalue weighted by molar-refractivity contribution is 6.17. The standard InChI is InChI=1S/C14H16ClF2N3/c1-10-12(8-15)14(19(2)9-13(16)17)20(18-10)11-6-4-3-5-7-11/h3-7,13H,8-9H2,1-2H3. The zero-order valence-electron chi connectivity index (χ0n) is 11.4. The third-order valence-electron chi connectivity index (χ3n) is 3.07. The summed E-state index contributed by atoms with van der Waals surface area (Å²) in [5.74, 6) is 0.852. The van der Waals surface area contributed by atoms with Crippen LogP contribution in [-0.2, 0) is 5.88 Å². The quantitative estimate of drug-likeness (QED) is 0.786. The molecule has 2 rings (SSSR count). The lowest BCUT2D eigenvalue weighted by molar-refractivity contribution is 0.156. The highest BCUT2D eigenvalue weighted by Gasteiger charge is 2.21. The van der Waals surface area contributed by atoms with Crippen molar-refractivity contribution in [1.29, 1.82) is 0 Å². The maximum atomic E-state index is 12.6. The molecule has 1 aromatic carbocycles. The van der Waals surface area contributed by atoms with Crippen molar-refractivity contribution in [1.82, 2.24) is 9.78 Å². The fraction of sp³-hybridized carbons (Fsp3) is 0.357. The molecule has 0 atom stereocenters. The zero-order chi connectivity index (χ0) is 14.7. The number of halogens is 3. The summed E-state index contributed by atoms with van der Waals surface area (Å²) in [6.07, 6.45) is -2.41. The molecule has 0 aliphatic carbocycles. The van der Waals surface area contributed by atoms with E-state index in [9.17, 15) is 8.78 Å². The number of aromatic nitrogens is 2. The van der Waals surface area contributed by atoms with Gasteiger partial charge in [-0.2, -0.15) is 5.10 Å². The molecule has 1 aromatic heterocycles. The number of rotatable bonds is 5. The summed E-state index contributed by atoms with van der Waals surface area (Å²) in [4.78, 5) is 1.50. The van der Waals surface area contributed by atoms with E-state index in [2.05, 4.69) is 5.10 Å². The maximum absolute atomic E-state index is 12.6. The Morgan fingerprint density at radius 3 is 2.50 bits per heavy atom. The van der Waals surface area contributed by atoms with Crippen LogP contribution in [0.2, 0.25) is 0 Å². The number of hydrogen-bond donors (Lipinski definition) is 0. The van der Waals surface area contributed by atoms with Crippen LogP contribution in [0.1, 0.15) is 11.3 Å². The van der Waals surface area contributed by atoms with Gasteiger partial charge in [-0.3, -0.25) is 0 Å². The van der Waals surface area contributed by atoms with Crippen molar-refractivity contribution in [3.05, 3.63) is 41.6 Å². The third kappa shape index (κ3) is 2.93. The van der Waals surface area contributed by atoms with Gasteiger partial charge >= 0.3 is 0 Å². The Morgan fingerprint density at radius 2 is 1.95 bits per heavy atom. The fourth-order valence-electron chi connectivity index (χ4n) is 2.14. The topological polar surface area (TPSA) is 21.1 Å². The fourth-order valence-corrected chi connectivity index (χ4v) is 2.45. The first kappa shape index (κ1) is 14.8. The van der Waals surface area contributed by atoms with E-state index in [4.69, 9.17) is 11.6 Å². The number of alkyl halides is 3. The van der Waals surface area contributed by atoms with Gasteiger partial charge < -0.3 is 4.90 Å².